The molecular weight excluding hydrogens is 260 g/mol. The van der Waals surface area contributed by atoms with Crippen LogP contribution in [0.2, 0.25) is 0 Å². The number of hydrogen-bond acceptors (Lipinski definition) is 2. The van der Waals surface area contributed by atoms with Crippen molar-refractivity contribution in [2.24, 2.45) is 0 Å². The molecule has 0 aromatic heterocycles. The Morgan fingerprint density at radius 2 is 1.76 bits per heavy atom. The predicted molar refractivity (Wildman–Crippen MR) is 89.0 cm³/mol. The second kappa shape index (κ2) is 7.48. The second-order valence-electron chi connectivity index (χ2n) is 5.01. The van der Waals surface area contributed by atoms with Crippen LogP contribution in [-0.4, -0.2) is 12.5 Å². The van der Waals surface area contributed by atoms with Gasteiger partial charge in [0.1, 0.15) is 0 Å². The summed E-state index contributed by atoms with van der Waals surface area (Å²) in [6.07, 6.45) is 2.04. The number of anilines is 2. The normalized spacial score (nSPS) is 10.2. The third-order valence-corrected chi connectivity index (χ3v) is 3.32. The van der Waals surface area contributed by atoms with Gasteiger partial charge in [0.2, 0.25) is 0 Å². The second-order valence-corrected chi connectivity index (χ2v) is 5.01. The van der Waals surface area contributed by atoms with Crippen molar-refractivity contribution < 1.29 is 4.79 Å². The largest absolute Gasteiger partial charge is 0.385 e. The topological polar surface area (TPSA) is 41.1 Å². The molecule has 3 heteroatoms. The lowest BCUT2D eigenvalue weighted by atomic mass is 10.1. The highest BCUT2D eigenvalue weighted by atomic mass is 16.1. The minimum absolute atomic E-state index is 0.0784. The maximum Gasteiger partial charge on any atom is 0.255 e. The Balaban J connectivity index is 2.02. The zero-order chi connectivity index (χ0) is 15.1. The summed E-state index contributed by atoms with van der Waals surface area (Å²) in [6.45, 7) is 5.16. The minimum Gasteiger partial charge on any atom is -0.385 e. The Labute approximate surface area is 126 Å². The molecule has 1 amide bonds. The number of aryl methyl sites for hydroxylation is 1. The van der Waals surface area contributed by atoms with Crippen LogP contribution < -0.4 is 10.6 Å². The van der Waals surface area contributed by atoms with Crippen LogP contribution in [0.25, 0.3) is 0 Å². The zero-order valence-electron chi connectivity index (χ0n) is 12.6. The fourth-order valence-electron chi connectivity index (χ4n) is 2.08. The first-order chi connectivity index (χ1) is 10.2. The van der Waals surface area contributed by atoms with Gasteiger partial charge in [0.05, 0.1) is 0 Å². The third-order valence-electron chi connectivity index (χ3n) is 3.32. The number of carbonyl (C=O) groups is 1. The molecule has 0 unspecified atom stereocenters. The highest BCUT2D eigenvalue weighted by molar-refractivity contribution is 6.04. The SMILES string of the molecule is CCCNc1ccc(C(=O)Nc2cccc(CC)c2)cc1. The molecule has 3 nitrogen and oxygen atoms in total. The molecule has 0 fully saturated rings. The van der Waals surface area contributed by atoms with Crippen molar-refractivity contribution in [2.45, 2.75) is 26.7 Å². The molecule has 21 heavy (non-hydrogen) atoms. The summed E-state index contributed by atoms with van der Waals surface area (Å²) in [5.41, 5.74) is 3.76. The lowest BCUT2D eigenvalue weighted by Crippen LogP contribution is -2.12. The molecule has 0 spiro atoms. The monoisotopic (exact) mass is 282 g/mol. The van der Waals surface area contributed by atoms with Crippen molar-refractivity contribution in [3.8, 4) is 0 Å². The minimum atomic E-state index is -0.0784. The highest BCUT2D eigenvalue weighted by Crippen LogP contribution is 2.14. The van der Waals surface area contributed by atoms with E-state index in [9.17, 15) is 4.79 Å². The Morgan fingerprint density at radius 3 is 2.43 bits per heavy atom. The number of nitrogens with one attached hydrogen (secondary N) is 2. The van der Waals surface area contributed by atoms with Gasteiger partial charge in [-0.3, -0.25) is 4.79 Å². The molecule has 0 atom stereocenters. The molecule has 2 N–H and O–H groups in total. The molecule has 2 aromatic rings. The van der Waals surface area contributed by atoms with Gasteiger partial charge in [-0.1, -0.05) is 26.0 Å². The fourth-order valence-corrected chi connectivity index (χ4v) is 2.08. The van der Waals surface area contributed by atoms with E-state index >= 15 is 0 Å². The van der Waals surface area contributed by atoms with E-state index in [1.54, 1.807) is 0 Å². The number of benzene rings is 2. The molecule has 0 bridgehead atoms. The van der Waals surface area contributed by atoms with Crippen LogP contribution >= 0.6 is 0 Å². The fraction of sp³-hybridized carbons (Fsp3) is 0.278. The smallest absolute Gasteiger partial charge is 0.255 e. The van der Waals surface area contributed by atoms with Crippen LogP contribution in [-0.2, 0) is 6.42 Å². The van der Waals surface area contributed by atoms with Gasteiger partial charge in [0.25, 0.3) is 5.91 Å². The number of rotatable bonds is 6. The number of amides is 1. The van der Waals surface area contributed by atoms with Gasteiger partial charge in [-0.15, -0.1) is 0 Å². The average Bonchev–Trinajstić information content (AvgIpc) is 2.53. The van der Waals surface area contributed by atoms with E-state index in [2.05, 4.69) is 30.5 Å². The van der Waals surface area contributed by atoms with Crippen LogP contribution in [0.5, 0.6) is 0 Å². The molecule has 2 rings (SSSR count). The van der Waals surface area contributed by atoms with Crippen molar-refractivity contribution in [3.05, 3.63) is 59.7 Å². The van der Waals surface area contributed by atoms with Gasteiger partial charge in [-0.25, -0.2) is 0 Å². The predicted octanol–water partition coefficient (Wildman–Crippen LogP) is 4.32. The van der Waals surface area contributed by atoms with E-state index < -0.39 is 0 Å². The van der Waals surface area contributed by atoms with Gasteiger partial charge in [-0.2, -0.15) is 0 Å². The lowest BCUT2D eigenvalue weighted by Gasteiger charge is -2.08. The van der Waals surface area contributed by atoms with Crippen molar-refractivity contribution in [2.75, 3.05) is 17.2 Å². The van der Waals surface area contributed by atoms with Gasteiger partial charge in [0.15, 0.2) is 0 Å². The lowest BCUT2D eigenvalue weighted by molar-refractivity contribution is 0.102. The van der Waals surface area contributed by atoms with Gasteiger partial charge in [-0.05, 0) is 54.8 Å². The van der Waals surface area contributed by atoms with Crippen molar-refractivity contribution in [1.29, 1.82) is 0 Å². The molecule has 0 aliphatic rings. The number of hydrogen-bond donors (Lipinski definition) is 2. The van der Waals surface area contributed by atoms with Crippen LogP contribution in [0.1, 0.15) is 36.2 Å². The maximum absolute atomic E-state index is 12.2. The molecule has 0 saturated heterocycles. The summed E-state index contributed by atoms with van der Waals surface area (Å²) in [5, 5.41) is 6.23. The number of carbonyl (C=O) groups excluding carboxylic acids is 1. The van der Waals surface area contributed by atoms with Crippen molar-refractivity contribution >= 4 is 17.3 Å². The standard InChI is InChI=1S/C18H22N2O/c1-3-12-19-16-10-8-15(9-11-16)18(21)20-17-7-5-6-14(4-2)13-17/h5-11,13,19H,3-4,12H2,1-2H3,(H,20,21). The quantitative estimate of drug-likeness (QED) is 0.828. The average molecular weight is 282 g/mol. The Kier molecular flexibility index (Phi) is 5.38. The van der Waals surface area contributed by atoms with E-state index in [1.807, 2.05) is 42.5 Å². The Morgan fingerprint density at radius 1 is 1.00 bits per heavy atom. The van der Waals surface area contributed by atoms with Crippen molar-refractivity contribution in [3.63, 3.8) is 0 Å². The Hall–Kier alpha value is -2.29. The summed E-state index contributed by atoms with van der Waals surface area (Å²) >= 11 is 0. The Bertz CT molecular complexity index is 590. The highest BCUT2D eigenvalue weighted by Gasteiger charge is 2.06. The first-order valence-electron chi connectivity index (χ1n) is 7.47. The van der Waals surface area contributed by atoms with Crippen LogP contribution in [0.3, 0.4) is 0 Å². The van der Waals surface area contributed by atoms with Crippen molar-refractivity contribution in [1.82, 2.24) is 0 Å². The molecule has 110 valence electrons. The molecule has 0 heterocycles. The molecule has 0 saturated carbocycles. The van der Waals surface area contributed by atoms with E-state index in [0.29, 0.717) is 5.56 Å². The molecular formula is C18H22N2O. The molecule has 0 radical (unpaired) electrons. The van der Waals surface area contributed by atoms with Gasteiger partial charge in [0, 0.05) is 23.5 Å². The van der Waals surface area contributed by atoms with E-state index in [4.69, 9.17) is 0 Å². The maximum atomic E-state index is 12.2. The van der Waals surface area contributed by atoms with E-state index in [1.165, 1.54) is 5.56 Å². The summed E-state index contributed by atoms with van der Waals surface area (Å²) < 4.78 is 0. The summed E-state index contributed by atoms with van der Waals surface area (Å²) in [4.78, 5) is 12.2. The van der Waals surface area contributed by atoms with Gasteiger partial charge >= 0.3 is 0 Å². The third kappa shape index (κ3) is 4.35. The van der Waals surface area contributed by atoms with Crippen LogP contribution in [0, 0.1) is 0 Å². The molecule has 0 aliphatic heterocycles. The van der Waals surface area contributed by atoms with Gasteiger partial charge < -0.3 is 10.6 Å². The van der Waals surface area contributed by atoms with E-state index in [0.717, 1.165) is 30.8 Å². The molecule has 0 aliphatic carbocycles. The first-order valence-corrected chi connectivity index (χ1v) is 7.47. The molecule has 2 aromatic carbocycles. The van der Waals surface area contributed by atoms with Crippen LogP contribution in [0.4, 0.5) is 11.4 Å². The summed E-state index contributed by atoms with van der Waals surface area (Å²) in [6, 6.07) is 15.5. The summed E-state index contributed by atoms with van der Waals surface area (Å²) in [5.74, 6) is -0.0784. The first kappa shape index (κ1) is 15.1. The summed E-state index contributed by atoms with van der Waals surface area (Å²) in [7, 11) is 0. The van der Waals surface area contributed by atoms with E-state index in [-0.39, 0.29) is 5.91 Å². The van der Waals surface area contributed by atoms with Crippen LogP contribution in [0.15, 0.2) is 48.5 Å². The zero-order valence-corrected chi connectivity index (χ0v) is 12.6.